The van der Waals surface area contributed by atoms with Gasteiger partial charge in [-0.1, -0.05) is 31.5 Å². The van der Waals surface area contributed by atoms with Crippen LogP contribution in [0.25, 0.3) is 0 Å². The van der Waals surface area contributed by atoms with E-state index in [1.165, 1.54) is 0 Å². The summed E-state index contributed by atoms with van der Waals surface area (Å²) in [7, 11) is 1.63. The molecule has 0 aromatic heterocycles. The molecular formula is C20H26N2O3. The average molecular weight is 342 g/mol. The van der Waals surface area contributed by atoms with Crippen LogP contribution < -0.4 is 20.1 Å². The van der Waals surface area contributed by atoms with Crippen LogP contribution in [0.3, 0.4) is 0 Å². The molecule has 0 aliphatic carbocycles. The number of ether oxygens (including phenoxy) is 2. The Morgan fingerprint density at radius 3 is 2.60 bits per heavy atom. The van der Waals surface area contributed by atoms with E-state index >= 15 is 0 Å². The van der Waals surface area contributed by atoms with Crippen LogP contribution in [0, 0.1) is 0 Å². The van der Waals surface area contributed by atoms with Gasteiger partial charge in [-0.05, 0) is 36.2 Å². The van der Waals surface area contributed by atoms with E-state index in [2.05, 4.69) is 17.6 Å². The number of rotatable bonds is 10. The van der Waals surface area contributed by atoms with Crippen molar-refractivity contribution in [1.29, 1.82) is 0 Å². The minimum absolute atomic E-state index is 0.0619. The molecule has 2 rings (SSSR count). The molecule has 0 unspecified atom stereocenters. The molecule has 134 valence electrons. The molecule has 0 saturated carbocycles. The molecule has 2 N–H and O–H groups in total. The molecule has 0 heterocycles. The molecule has 0 spiro atoms. The molecule has 5 nitrogen and oxygen atoms in total. The molecule has 0 aliphatic rings. The van der Waals surface area contributed by atoms with Crippen molar-refractivity contribution in [2.24, 2.45) is 0 Å². The molecule has 2 aromatic carbocycles. The first-order valence-corrected chi connectivity index (χ1v) is 8.57. The zero-order valence-corrected chi connectivity index (χ0v) is 14.9. The first-order chi connectivity index (χ1) is 12.2. The van der Waals surface area contributed by atoms with Crippen LogP contribution in [0.5, 0.6) is 11.5 Å². The summed E-state index contributed by atoms with van der Waals surface area (Å²) in [6.07, 6.45) is 2.14. The van der Waals surface area contributed by atoms with E-state index in [9.17, 15) is 4.79 Å². The van der Waals surface area contributed by atoms with Crippen LogP contribution in [0.4, 0.5) is 5.69 Å². The van der Waals surface area contributed by atoms with Gasteiger partial charge in [-0.2, -0.15) is 0 Å². The fourth-order valence-corrected chi connectivity index (χ4v) is 2.22. The lowest BCUT2D eigenvalue weighted by Crippen LogP contribution is -2.29. The Morgan fingerprint density at radius 2 is 1.88 bits per heavy atom. The quantitative estimate of drug-likeness (QED) is 0.648. The first-order valence-electron chi connectivity index (χ1n) is 8.57. The van der Waals surface area contributed by atoms with Crippen molar-refractivity contribution in [2.45, 2.75) is 26.3 Å². The first kappa shape index (κ1) is 18.6. The number of methoxy groups -OCH3 is 1. The van der Waals surface area contributed by atoms with Crippen LogP contribution in [0.1, 0.15) is 25.3 Å². The minimum Gasteiger partial charge on any atom is -0.497 e. The van der Waals surface area contributed by atoms with Crippen LogP contribution in [-0.2, 0) is 11.3 Å². The summed E-state index contributed by atoms with van der Waals surface area (Å²) in [5, 5.41) is 6.01. The SMILES string of the molecule is CCCCOc1cccc(NCC(=O)NCc2ccc(OC)cc2)c1. The van der Waals surface area contributed by atoms with Gasteiger partial charge in [0.05, 0.1) is 20.3 Å². The van der Waals surface area contributed by atoms with Gasteiger partial charge in [-0.3, -0.25) is 4.79 Å². The van der Waals surface area contributed by atoms with Gasteiger partial charge in [0.2, 0.25) is 5.91 Å². The van der Waals surface area contributed by atoms with E-state index in [0.717, 1.165) is 35.6 Å². The van der Waals surface area contributed by atoms with Crippen molar-refractivity contribution < 1.29 is 14.3 Å². The lowest BCUT2D eigenvalue weighted by atomic mass is 10.2. The zero-order chi connectivity index (χ0) is 17.9. The highest BCUT2D eigenvalue weighted by atomic mass is 16.5. The second kappa shape index (κ2) is 10.2. The minimum atomic E-state index is -0.0619. The van der Waals surface area contributed by atoms with Crippen molar-refractivity contribution >= 4 is 11.6 Å². The third-order valence-electron chi connectivity index (χ3n) is 3.70. The molecule has 0 fully saturated rings. The fourth-order valence-electron chi connectivity index (χ4n) is 2.22. The maximum Gasteiger partial charge on any atom is 0.239 e. The summed E-state index contributed by atoms with van der Waals surface area (Å²) < 4.78 is 10.8. The van der Waals surface area contributed by atoms with Crippen LogP contribution in [0.15, 0.2) is 48.5 Å². The summed E-state index contributed by atoms with van der Waals surface area (Å²) in [5.74, 6) is 1.56. The lowest BCUT2D eigenvalue weighted by Gasteiger charge is -2.10. The maximum absolute atomic E-state index is 12.0. The predicted molar refractivity (Wildman–Crippen MR) is 100 cm³/mol. The van der Waals surface area contributed by atoms with Crippen LogP contribution >= 0.6 is 0 Å². The van der Waals surface area contributed by atoms with Gasteiger partial charge in [0.15, 0.2) is 0 Å². The Morgan fingerprint density at radius 1 is 1.08 bits per heavy atom. The smallest absolute Gasteiger partial charge is 0.239 e. The van der Waals surface area contributed by atoms with Gasteiger partial charge >= 0.3 is 0 Å². The Balaban J connectivity index is 1.74. The van der Waals surface area contributed by atoms with Gasteiger partial charge in [-0.25, -0.2) is 0 Å². The summed E-state index contributed by atoms with van der Waals surface area (Å²) in [4.78, 5) is 12.0. The predicted octanol–water partition coefficient (Wildman–Crippen LogP) is 3.60. The van der Waals surface area contributed by atoms with Gasteiger partial charge < -0.3 is 20.1 Å². The molecular weight excluding hydrogens is 316 g/mol. The maximum atomic E-state index is 12.0. The normalized spacial score (nSPS) is 10.2. The topological polar surface area (TPSA) is 59.6 Å². The molecule has 2 aromatic rings. The summed E-state index contributed by atoms with van der Waals surface area (Å²) in [6.45, 7) is 3.55. The van der Waals surface area contributed by atoms with Crippen molar-refractivity contribution in [3.8, 4) is 11.5 Å². The van der Waals surface area contributed by atoms with Crippen molar-refractivity contribution in [2.75, 3.05) is 25.6 Å². The number of hydrogen-bond acceptors (Lipinski definition) is 4. The Bertz CT molecular complexity index is 656. The summed E-state index contributed by atoms with van der Waals surface area (Å²) >= 11 is 0. The number of carbonyl (C=O) groups excluding carboxylic acids is 1. The number of amides is 1. The number of benzene rings is 2. The standard InChI is InChI=1S/C20H26N2O3/c1-3-4-12-25-19-7-5-6-17(13-19)21-15-20(23)22-14-16-8-10-18(24-2)11-9-16/h5-11,13,21H,3-4,12,14-15H2,1-2H3,(H,22,23). The Labute approximate surface area is 149 Å². The number of hydrogen-bond donors (Lipinski definition) is 2. The van der Waals surface area contributed by atoms with Crippen LogP contribution in [0.2, 0.25) is 0 Å². The average Bonchev–Trinajstić information content (AvgIpc) is 2.66. The highest BCUT2D eigenvalue weighted by molar-refractivity contribution is 5.80. The number of unbranched alkanes of at least 4 members (excludes halogenated alkanes) is 1. The van der Waals surface area contributed by atoms with Gasteiger partial charge in [0.1, 0.15) is 11.5 Å². The van der Waals surface area contributed by atoms with E-state index in [4.69, 9.17) is 9.47 Å². The number of anilines is 1. The molecule has 0 aliphatic heterocycles. The molecule has 5 heteroatoms. The fraction of sp³-hybridized carbons (Fsp3) is 0.350. The highest BCUT2D eigenvalue weighted by Gasteiger charge is 2.03. The Hall–Kier alpha value is -2.69. The highest BCUT2D eigenvalue weighted by Crippen LogP contribution is 2.17. The van der Waals surface area contributed by atoms with Gasteiger partial charge in [-0.15, -0.1) is 0 Å². The van der Waals surface area contributed by atoms with E-state index in [0.29, 0.717) is 13.2 Å². The lowest BCUT2D eigenvalue weighted by molar-refractivity contribution is -0.119. The molecule has 25 heavy (non-hydrogen) atoms. The summed E-state index contributed by atoms with van der Waals surface area (Å²) in [5.41, 5.74) is 1.90. The molecule has 0 saturated heterocycles. The van der Waals surface area contributed by atoms with Crippen LogP contribution in [-0.4, -0.2) is 26.2 Å². The second-order valence-corrected chi connectivity index (χ2v) is 5.71. The largest absolute Gasteiger partial charge is 0.497 e. The van der Waals surface area contributed by atoms with Crippen molar-refractivity contribution in [3.63, 3.8) is 0 Å². The van der Waals surface area contributed by atoms with Crippen molar-refractivity contribution in [3.05, 3.63) is 54.1 Å². The monoisotopic (exact) mass is 342 g/mol. The van der Waals surface area contributed by atoms with E-state index in [1.54, 1.807) is 7.11 Å². The van der Waals surface area contributed by atoms with E-state index < -0.39 is 0 Å². The number of nitrogens with one attached hydrogen (secondary N) is 2. The molecule has 0 bridgehead atoms. The number of carbonyl (C=O) groups is 1. The molecule has 1 amide bonds. The Kier molecular flexibility index (Phi) is 7.63. The van der Waals surface area contributed by atoms with E-state index in [-0.39, 0.29) is 12.5 Å². The zero-order valence-electron chi connectivity index (χ0n) is 14.9. The third kappa shape index (κ3) is 6.75. The second-order valence-electron chi connectivity index (χ2n) is 5.71. The molecule has 0 atom stereocenters. The van der Waals surface area contributed by atoms with E-state index in [1.807, 2.05) is 48.5 Å². The van der Waals surface area contributed by atoms with Crippen molar-refractivity contribution in [1.82, 2.24) is 5.32 Å². The molecule has 0 radical (unpaired) electrons. The van der Waals surface area contributed by atoms with Gasteiger partial charge in [0.25, 0.3) is 0 Å². The van der Waals surface area contributed by atoms with Gasteiger partial charge in [0, 0.05) is 18.3 Å². The summed E-state index contributed by atoms with van der Waals surface area (Å²) in [6, 6.07) is 15.3. The third-order valence-corrected chi connectivity index (χ3v) is 3.70.